The highest BCUT2D eigenvalue weighted by Gasteiger charge is 2.37. The molecule has 0 heterocycles. The second kappa shape index (κ2) is 5.86. The van der Waals surface area contributed by atoms with Gasteiger partial charge in [0.1, 0.15) is 0 Å². The Morgan fingerprint density at radius 3 is 2.60 bits per heavy atom. The van der Waals surface area contributed by atoms with Crippen LogP contribution in [-0.4, -0.2) is 24.4 Å². The standard InChI is InChI=1S/C13H26O2/c1-4-11-7-5-6-8-12(11)13(2,14)9-10-15-3/h11-12,14H,4-10H2,1-3H3. The average molecular weight is 214 g/mol. The lowest BCUT2D eigenvalue weighted by Crippen LogP contribution is -2.41. The molecule has 0 amide bonds. The van der Waals surface area contributed by atoms with Crippen LogP contribution in [0.25, 0.3) is 0 Å². The van der Waals surface area contributed by atoms with Crippen LogP contribution in [0.5, 0.6) is 0 Å². The summed E-state index contributed by atoms with van der Waals surface area (Å²) >= 11 is 0. The fraction of sp³-hybridized carbons (Fsp3) is 1.00. The van der Waals surface area contributed by atoms with Crippen molar-refractivity contribution in [1.82, 2.24) is 0 Å². The fourth-order valence-corrected chi connectivity index (χ4v) is 3.01. The van der Waals surface area contributed by atoms with Crippen LogP contribution >= 0.6 is 0 Å². The number of aliphatic hydroxyl groups is 1. The van der Waals surface area contributed by atoms with E-state index in [1.54, 1.807) is 7.11 Å². The normalized spacial score (nSPS) is 31.2. The molecule has 3 unspecified atom stereocenters. The minimum Gasteiger partial charge on any atom is -0.390 e. The fourth-order valence-electron chi connectivity index (χ4n) is 3.01. The van der Waals surface area contributed by atoms with Crippen LogP contribution in [0.2, 0.25) is 0 Å². The second-order valence-electron chi connectivity index (χ2n) is 5.16. The lowest BCUT2D eigenvalue weighted by Gasteiger charge is -2.41. The maximum Gasteiger partial charge on any atom is 0.0672 e. The number of ether oxygens (including phenoxy) is 1. The molecule has 3 atom stereocenters. The predicted molar refractivity (Wildman–Crippen MR) is 62.9 cm³/mol. The number of methoxy groups -OCH3 is 1. The van der Waals surface area contributed by atoms with Crippen molar-refractivity contribution in [1.29, 1.82) is 0 Å². The van der Waals surface area contributed by atoms with Gasteiger partial charge in [0.15, 0.2) is 0 Å². The lowest BCUT2D eigenvalue weighted by molar-refractivity contribution is -0.0614. The molecular formula is C13H26O2. The number of hydrogen-bond donors (Lipinski definition) is 1. The van der Waals surface area contributed by atoms with E-state index in [4.69, 9.17) is 4.74 Å². The van der Waals surface area contributed by atoms with E-state index in [-0.39, 0.29) is 0 Å². The molecule has 1 aliphatic carbocycles. The third kappa shape index (κ3) is 3.46. The second-order valence-corrected chi connectivity index (χ2v) is 5.16. The SMILES string of the molecule is CCC1CCCCC1C(C)(O)CCOC. The Bertz CT molecular complexity index is 177. The molecule has 2 nitrogen and oxygen atoms in total. The summed E-state index contributed by atoms with van der Waals surface area (Å²) in [4.78, 5) is 0. The van der Waals surface area contributed by atoms with Crippen molar-refractivity contribution < 1.29 is 9.84 Å². The van der Waals surface area contributed by atoms with E-state index < -0.39 is 5.60 Å². The third-order valence-corrected chi connectivity index (χ3v) is 4.04. The largest absolute Gasteiger partial charge is 0.390 e. The smallest absolute Gasteiger partial charge is 0.0672 e. The van der Waals surface area contributed by atoms with Crippen molar-refractivity contribution in [3.8, 4) is 0 Å². The summed E-state index contributed by atoms with van der Waals surface area (Å²) in [5, 5.41) is 10.5. The zero-order valence-electron chi connectivity index (χ0n) is 10.5. The predicted octanol–water partition coefficient (Wildman–Crippen LogP) is 2.99. The van der Waals surface area contributed by atoms with Crippen LogP contribution in [0, 0.1) is 11.8 Å². The molecule has 1 fully saturated rings. The molecule has 90 valence electrons. The van der Waals surface area contributed by atoms with Crippen molar-refractivity contribution in [2.75, 3.05) is 13.7 Å². The summed E-state index contributed by atoms with van der Waals surface area (Å²) in [6.07, 6.45) is 7.08. The monoisotopic (exact) mass is 214 g/mol. The molecule has 1 aliphatic rings. The Hall–Kier alpha value is -0.0800. The molecule has 15 heavy (non-hydrogen) atoms. The maximum absolute atomic E-state index is 10.5. The van der Waals surface area contributed by atoms with Crippen LogP contribution in [0.3, 0.4) is 0 Å². The maximum atomic E-state index is 10.5. The van der Waals surface area contributed by atoms with Gasteiger partial charge in [-0.2, -0.15) is 0 Å². The van der Waals surface area contributed by atoms with E-state index in [0.29, 0.717) is 18.4 Å². The molecule has 0 aromatic heterocycles. The molecule has 0 aromatic rings. The zero-order chi connectivity index (χ0) is 11.3. The van der Waals surface area contributed by atoms with Gasteiger partial charge in [0.05, 0.1) is 5.60 Å². The van der Waals surface area contributed by atoms with Crippen molar-refractivity contribution in [3.63, 3.8) is 0 Å². The van der Waals surface area contributed by atoms with E-state index in [1.165, 1.54) is 32.1 Å². The van der Waals surface area contributed by atoms with Gasteiger partial charge in [-0.05, 0) is 31.6 Å². The van der Waals surface area contributed by atoms with Crippen LogP contribution < -0.4 is 0 Å². The first-order chi connectivity index (χ1) is 7.11. The molecule has 2 heteroatoms. The summed E-state index contributed by atoms with van der Waals surface area (Å²) in [5.74, 6) is 1.19. The quantitative estimate of drug-likeness (QED) is 0.762. The van der Waals surface area contributed by atoms with Gasteiger partial charge in [0.2, 0.25) is 0 Å². The minimum absolute atomic E-state index is 0.478. The van der Waals surface area contributed by atoms with Crippen molar-refractivity contribution in [3.05, 3.63) is 0 Å². The zero-order valence-corrected chi connectivity index (χ0v) is 10.5. The van der Waals surface area contributed by atoms with Gasteiger partial charge >= 0.3 is 0 Å². The van der Waals surface area contributed by atoms with Crippen LogP contribution in [0.1, 0.15) is 52.4 Å². The topological polar surface area (TPSA) is 29.5 Å². The first-order valence-corrected chi connectivity index (χ1v) is 6.33. The average Bonchev–Trinajstić information content (AvgIpc) is 2.26. The Morgan fingerprint density at radius 1 is 1.33 bits per heavy atom. The van der Waals surface area contributed by atoms with Gasteiger partial charge in [-0.25, -0.2) is 0 Å². The number of rotatable bonds is 5. The molecule has 0 saturated heterocycles. The molecular weight excluding hydrogens is 188 g/mol. The van der Waals surface area contributed by atoms with E-state index in [2.05, 4.69) is 6.92 Å². The Balaban J connectivity index is 2.56. The highest BCUT2D eigenvalue weighted by atomic mass is 16.5. The van der Waals surface area contributed by atoms with Gasteiger partial charge in [0.25, 0.3) is 0 Å². The highest BCUT2D eigenvalue weighted by molar-refractivity contribution is 4.88. The summed E-state index contributed by atoms with van der Waals surface area (Å²) in [6.45, 7) is 4.90. The van der Waals surface area contributed by atoms with Gasteiger partial charge in [0, 0.05) is 13.7 Å². The molecule has 1 saturated carbocycles. The molecule has 0 radical (unpaired) electrons. The Kier molecular flexibility index (Phi) is 5.07. The van der Waals surface area contributed by atoms with E-state index >= 15 is 0 Å². The molecule has 0 bridgehead atoms. The minimum atomic E-state index is -0.531. The van der Waals surface area contributed by atoms with E-state index in [1.807, 2.05) is 6.92 Å². The van der Waals surface area contributed by atoms with Crippen LogP contribution in [0.4, 0.5) is 0 Å². The molecule has 0 aromatic carbocycles. The summed E-state index contributed by atoms with van der Waals surface area (Å²) in [6, 6.07) is 0. The molecule has 0 spiro atoms. The first kappa shape index (κ1) is 13.0. The Morgan fingerprint density at radius 2 is 2.00 bits per heavy atom. The van der Waals surface area contributed by atoms with Gasteiger partial charge in [-0.1, -0.05) is 32.6 Å². The molecule has 0 aliphatic heterocycles. The summed E-state index contributed by atoms with van der Waals surface area (Å²) in [5.41, 5.74) is -0.531. The molecule has 1 N–H and O–H groups in total. The lowest BCUT2D eigenvalue weighted by atomic mass is 9.69. The molecule has 1 rings (SSSR count). The van der Waals surface area contributed by atoms with Gasteiger partial charge in [-0.3, -0.25) is 0 Å². The number of hydrogen-bond acceptors (Lipinski definition) is 2. The first-order valence-electron chi connectivity index (χ1n) is 6.33. The summed E-state index contributed by atoms with van der Waals surface area (Å²) in [7, 11) is 1.70. The van der Waals surface area contributed by atoms with Crippen molar-refractivity contribution in [2.24, 2.45) is 11.8 Å². The van der Waals surface area contributed by atoms with Crippen LogP contribution in [0.15, 0.2) is 0 Å². The highest BCUT2D eigenvalue weighted by Crippen LogP contribution is 2.40. The van der Waals surface area contributed by atoms with Crippen LogP contribution in [-0.2, 0) is 4.74 Å². The van der Waals surface area contributed by atoms with Crippen molar-refractivity contribution >= 4 is 0 Å². The van der Waals surface area contributed by atoms with Gasteiger partial charge in [-0.15, -0.1) is 0 Å². The van der Waals surface area contributed by atoms with Crippen molar-refractivity contribution in [2.45, 2.75) is 58.0 Å². The van der Waals surface area contributed by atoms with E-state index in [0.717, 1.165) is 6.42 Å². The van der Waals surface area contributed by atoms with E-state index in [9.17, 15) is 5.11 Å². The third-order valence-electron chi connectivity index (χ3n) is 4.04. The Labute approximate surface area is 94.0 Å². The summed E-state index contributed by atoms with van der Waals surface area (Å²) < 4.78 is 5.08. The van der Waals surface area contributed by atoms with Gasteiger partial charge < -0.3 is 9.84 Å².